The first-order valence-electron chi connectivity index (χ1n) is 4.19. The van der Waals surface area contributed by atoms with Crippen LogP contribution in [0.5, 0.6) is 0 Å². The Balaban J connectivity index is 2.49. The van der Waals surface area contributed by atoms with E-state index in [1.165, 1.54) is 0 Å². The summed E-state index contributed by atoms with van der Waals surface area (Å²) < 4.78 is 0. The maximum absolute atomic E-state index is 5.47. The summed E-state index contributed by atoms with van der Waals surface area (Å²) in [6, 6.07) is 4.20. The zero-order valence-electron chi connectivity index (χ0n) is 7.95. The van der Waals surface area contributed by atoms with E-state index in [-0.39, 0.29) is 0 Å². The number of aromatic nitrogens is 1. The van der Waals surface area contributed by atoms with Crippen LogP contribution in [0.2, 0.25) is 0 Å². The summed E-state index contributed by atoms with van der Waals surface area (Å²) in [6.07, 6.45) is 3.85. The van der Waals surface area contributed by atoms with Crippen molar-refractivity contribution in [3.63, 3.8) is 0 Å². The maximum Gasteiger partial charge on any atom is 0.123 e. The number of anilines is 2. The molecule has 13 heavy (non-hydrogen) atoms. The molecule has 0 aliphatic heterocycles. The smallest absolute Gasteiger partial charge is 0.123 e. The second kappa shape index (κ2) is 4.97. The van der Waals surface area contributed by atoms with E-state index in [1.807, 2.05) is 17.8 Å². The topological polar surface area (TPSA) is 50.9 Å². The molecule has 0 aliphatic carbocycles. The lowest BCUT2D eigenvalue weighted by molar-refractivity contribution is 0.912. The molecular formula is C9H15N3S. The second-order valence-electron chi connectivity index (χ2n) is 2.97. The predicted molar refractivity (Wildman–Crippen MR) is 60.1 cm³/mol. The molecule has 0 amide bonds. The second-order valence-corrected chi connectivity index (χ2v) is 3.88. The molecule has 1 atom stereocenters. The number of rotatable bonds is 4. The van der Waals surface area contributed by atoms with Gasteiger partial charge in [-0.25, -0.2) is 4.98 Å². The quantitative estimate of drug-likeness (QED) is 0.773. The first-order valence-corrected chi connectivity index (χ1v) is 5.58. The minimum Gasteiger partial charge on any atom is -0.384 e. The zero-order valence-corrected chi connectivity index (χ0v) is 8.77. The van der Waals surface area contributed by atoms with Gasteiger partial charge in [-0.1, -0.05) is 0 Å². The van der Waals surface area contributed by atoms with E-state index < -0.39 is 0 Å². The molecule has 1 aromatic rings. The SMILES string of the molecule is CSCC(C)Nc1ccc(N)nc1. The van der Waals surface area contributed by atoms with E-state index >= 15 is 0 Å². The Morgan fingerprint density at radius 1 is 1.62 bits per heavy atom. The molecule has 0 aromatic carbocycles. The van der Waals surface area contributed by atoms with Crippen molar-refractivity contribution in [2.24, 2.45) is 0 Å². The van der Waals surface area contributed by atoms with E-state index in [4.69, 9.17) is 5.73 Å². The normalized spacial score (nSPS) is 12.5. The third-order valence-corrected chi connectivity index (χ3v) is 2.45. The van der Waals surface area contributed by atoms with Crippen molar-refractivity contribution in [1.29, 1.82) is 0 Å². The van der Waals surface area contributed by atoms with Crippen molar-refractivity contribution < 1.29 is 0 Å². The summed E-state index contributed by atoms with van der Waals surface area (Å²) in [4.78, 5) is 4.00. The highest BCUT2D eigenvalue weighted by Gasteiger charge is 2.00. The Morgan fingerprint density at radius 2 is 2.38 bits per heavy atom. The molecule has 0 radical (unpaired) electrons. The van der Waals surface area contributed by atoms with Crippen molar-refractivity contribution in [2.45, 2.75) is 13.0 Å². The minimum atomic E-state index is 0.459. The van der Waals surface area contributed by atoms with E-state index in [2.05, 4.69) is 23.5 Å². The average Bonchev–Trinajstić information content (AvgIpc) is 2.09. The van der Waals surface area contributed by atoms with Crippen LogP contribution < -0.4 is 11.1 Å². The number of hydrogen-bond acceptors (Lipinski definition) is 4. The first-order chi connectivity index (χ1) is 6.22. The highest BCUT2D eigenvalue weighted by atomic mass is 32.2. The van der Waals surface area contributed by atoms with E-state index in [0.29, 0.717) is 11.9 Å². The summed E-state index contributed by atoms with van der Waals surface area (Å²) in [6.45, 7) is 2.15. The zero-order chi connectivity index (χ0) is 9.68. The molecular weight excluding hydrogens is 182 g/mol. The third kappa shape index (κ3) is 3.55. The molecule has 0 spiro atoms. The third-order valence-electron chi connectivity index (χ3n) is 1.62. The molecule has 4 heteroatoms. The Hall–Kier alpha value is -0.900. The van der Waals surface area contributed by atoms with Gasteiger partial charge in [0, 0.05) is 11.8 Å². The van der Waals surface area contributed by atoms with Crippen LogP contribution in [0.3, 0.4) is 0 Å². The van der Waals surface area contributed by atoms with Crippen molar-refractivity contribution in [3.8, 4) is 0 Å². The molecule has 0 saturated heterocycles. The fourth-order valence-corrected chi connectivity index (χ4v) is 1.65. The number of nitrogens with two attached hydrogens (primary N) is 1. The predicted octanol–water partition coefficient (Wildman–Crippen LogP) is 1.83. The van der Waals surface area contributed by atoms with Crippen LogP contribution in [0.4, 0.5) is 11.5 Å². The van der Waals surface area contributed by atoms with Crippen LogP contribution in [-0.2, 0) is 0 Å². The molecule has 0 aliphatic rings. The van der Waals surface area contributed by atoms with Crippen LogP contribution in [0.1, 0.15) is 6.92 Å². The van der Waals surface area contributed by atoms with Crippen LogP contribution >= 0.6 is 11.8 Å². The standard InChI is InChI=1S/C9H15N3S/c1-7(6-13-2)12-8-3-4-9(10)11-5-8/h3-5,7,12H,6H2,1-2H3,(H2,10,11). The van der Waals surface area contributed by atoms with Crippen molar-refractivity contribution in [2.75, 3.05) is 23.1 Å². The summed E-state index contributed by atoms with van der Waals surface area (Å²) in [7, 11) is 0. The van der Waals surface area contributed by atoms with Gasteiger partial charge in [-0.15, -0.1) is 0 Å². The van der Waals surface area contributed by atoms with Gasteiger partial charge in [0.2, 0.25) is 0 Å². The lowest BCUT2D eigenvalue weighted by atomic mass is 10.3. The molecule has 0 fully saturated rings. The summed E-state index contributed by atoms with van der Waals surface area (Å²) in [5.74, 6) is 1.65. The van der Waals surface area contributed by atoms with Gasteiger partial charge in [-0.05, 0) is 25.3 Å². The molecule has 1 unspecified atom stereocenters. The molecule has 72 valence electrons. The maximum atomic E-state index is 5.47. The number of nitrogen functional groups attached to an aromatic ring is 1. The molecule has 1 aromatic heterocycles. The number of nitrogens with zero attached hydrogens (tertiary/aromatic N) is 1. The first kappa shape index (κ1) is 10.2. The Morgan fingerprint density at radius 3 is 2.92 bits per heavy atom. The van der Waals surface area contributed by atoms with Gasteiger partial charge in [0.05, 0.1) is 11.9 Å². The molecule has 0 bridgehead atoms. The largest absolute Gasteiger partial charge is 0.384 e. The molecule has 0 saturated carbocycles. The van der Waals surface area contributed by atoms with Gasteiger partial charge in [-0.3, -0.25) is 0 Å². The summed E-state index contributed by atoms with van der Waals surface area (Å²) in [5, 5.41) is 3.33. The van der Waals surface area contributed by atoms with Gasteiger partial charge < -0.3 is 11.1 Å². The van der Waals surface area contributed by atoms with Crippen molar-refractivity contribution >= 4 is 23.3 Å². The van der Waals surface area contributed by atoms with Gasteiger partial charge >= 0.3 is 0 Å². The van der Waals surface area contributed by atoms with Crippen LogP contribution in [0.25, 0.3) is 0 Å². The number of nitrogens with one attached hydrogen (secondary N) is 1. The lowest BCUT2D eigenvalue weighted by Crippen LogP contribution is -2.17. The Labute approximate surface area is 83.1 Å². The van der Waals surface area contributed by atoms with Gasteiger partial charge in [0.15, 0.2) is 0 Å². The van der Waals surface area contributed by atoms with Crippen LogP contribution in [-0.4, -0.2) is 23.0 Å². The van der Waals surface area contributed by atoms with Gasteiger partial charge in [0.1, 0.15) is 5.82 Å². The highest BCUT2D eigenvalue weighted by molar-refractivity contribution is 7.98. The monoisotopic (exact) mass is 197 g/mol. The van der Waals surface area contributed by atoms with Crippen molar-refractivity contribution in [1.82, 2.24) is 4.98 Å². The minimum absolute atomic E-state index is 0.459. The molecule has 3 nitrogen and oxygen atoms in total. The summed E-state index contributed by atoms with van der Waals surface area (Å²) >= 11 is 1.82. The number of pyridine rings is 1. The highest BCUT2D eigenvalue weighted by Crippen LogP contribution is 2.09. The van der Waals surface area contributed by atoms with Gasteiger partial charge in [-0.2, -0.15) is 11.8 Å². The molecule has 3 N–H and O–H groups in total. The van der Waals surface area contributed by atoms with Crippen molar-refractivity contribution in [3.05, 3.63) is 18.3 Å². The molecule has 1 heterocycles. The summed E-state index contributed by atoms with van der Waals surface area (Å²) in [5.41, 5.74) is 6.50. The average molecular weight is 197 g/mol. The van der Waals surface area contributed by atoms with Crippen LogP contribution in [0, 0.1) is 0 Å². The number of thioether (sulfide) groups is 1. The van der Waals surface area contributed by atoms with E-state index in [9.17, 15) is 0 Å². The van der Waals surface area contributed by atoms with E-state index in [1.54, 1.807) is 12.3 Å². The van der Waals surface area contributed by atoms with Crippen LogP contribution in [0.15, 0.2) is 18.3 Å². The number of hydrogen-bond donors (Lipinski definition) is 2. The fraction of sp³-hybridized carbons (Fsp3) is 0.444. The van der Waals surface area contributed by atoms with Gasteiger partial charge in [0.25, 0.3) is 0 Å². The Kier molecular flexibility index (Phi) is 3.89. The van der Waals surface area contributed by atoms with E-state index in [0.717, 1.165) is 11.4 Å². The Bertz CT molecular complexity index is 248. The fourth-order valence-electron chi connectivity index (χ4n) is 1.07. The lowest BCUT2D eigenvalue weighted by Gasteiger charge is -2.13. The molecule has 1 rings (SSSR count).